The van der Waals surface area contributed by atoms with Gasteiger partial charge in [-0.25, -0.2) is 4.39 Å². The van der Waals surface area contributed by atoms with E-state index in [1.807, 2.05) is 0 Å². The number of halogens is 1. The number of benzene rings is 1. The van der Waals surface area contributed by atoms with Crippen molar-refractivity contribution in [1.29, 1.82) is 0 Å². The van der Waals surface area contributed by atoms with Crippen LogP contribution in [-0.4, -0.2) is 23.2 Å². The van der Waals surface area contributed by atoms with Gasteiger partial charge < -0.3 is 10.4 Å². The Morgan fingerprint density at radius 1 is 1.53 bits per heavy atom. The van der Waals surface area contributed by atoms with E-state index < -0.39 is 10.7 Å². The highest BCUT2D eigenvalue weighted by Crippen LogP contribution is 2.45. The van der Waals surface area contributed by atoms with Crippen LogP contribution in [0.2, 0.25) is 0 Å². The Labute approximate surface area is 97.4 Å². The molecule has 92 valence electrons. The second-order valence-electron chi connectivity index (χ2n) is 4.43. The lowest BCUT2D eigenvalue weighted by molar-refractivity contribution is -0.385. The molecule has 2 N–H and O–H groups in total. The van der Waals surface area contributed by atoms with Crippen LogP contribution in [0.4, 0.5) is 15.8 Å². The first-order chi connectivity index (χ1) is 8.06. The van der Waals surface area contributed by atoms with Crippen LogP contribution >= 0.6 is 0 Å². The lowest BCUT2D eigenvalue weighted by Crippen LogP contribution is -2.19. The molecule has 5 nitrogen and oxygen atoms in total. The van der Waals surface area contributed by atoms with E-state index in [1.54, 1.807) is 0 Å². The van der Waals surface area contributed by atoms with Gasteiger partial charge in [0.05, 0.1) is 23.3 Å². The molecular weight excluding hydrogens is 227 g/mol. The van der Waals surface area contributed by atoms with Gasteiger partial charge in [0.2, 0.25) is 0 Å². The standard InChI is InChI=1S/C11H13FN2O3/c12-9-5-8(14(16)17)1-2-10(9)13-6-11(7-15)3-4-11/h1-2,5,13,15H,3-4,6-7H2. The van der Waals surface area contributed by atoms with Crippen molar-refractivity contribution in [3.8, 4) is 0 Å². The number of nitrogens with one attached hydrogen (secondary N) is 1. The average Bonchev–Trinajstić information content (AvgIpc) is 3.08. The molecule has 0 heterocycles. The summed E-state index contributed by atoms with van der Waals surface area (Å²) in [6.45, 7) is 0.562. The van der Waals surface area contributed by atoms with Gasteiger partial charge in [0.15, 0.2) is 5.82 Å². The van der Waals surface area contributed by atoms with Gasteiger partial charge in [-0.1, -0.05) is 0 Å². The van der Waals surface area contributed by atoms with Crippen LogP contribution in [0, 0.1) is 21.3 Å². The zero-order valence-electron chi connectivity index (χ0n) is 9.15. The van der Waals surface area contributed by atoms with Crippen LogP contribution in [0.5, 0.6) is 0 Å². The average molecular weight is 240 g/mol. The zero-order chi connectivity index (χ0) is 12.5. The minimum absolute atomic E-state index is 0.0780. The van der Waals surface area contributed by atoms with Crippen LogP contribution in [0.1, 0.15) is 12.8 Å². The molecule has 0 spiro atoms. The van der Waals surface area contributed by atoms with Gasteiger partial charge in [-0.2, -0.15) is 0 Å². The SMILES string of the molecule is O=[N+]([O-])c1ccc(NCC2(CO)CC2)c(F)c1. The van der Waals surface area contributed by atoms with E-state index in [-0.39, 0.29) is 23.4 Å². The van der Waals surface area contributed by atoms with Crippen molar-refractivity contribution >= 4 is 11.4 Å². The fourth-order valence-corrected chi connectivity index (χ4v) is 1.61. The van der Waals surface area contributed by atoms with Crippen LogP contribution < -0.4 is 5.32 Å². The number of nitro benzene ring substituents is 1. The van der Waals surface area contributed by atoms with Crippen molar-refractivity contribution in [2.24, 2.45) is 5.41 Å². The van der Waals surface area contributed by atoms with E-state index in [0.29, 0.717) is 6.54 Å². The van der Waals surface area contributed by atoms with E-state index in [2.05, 4.69) is 5.32 Å². The molecule has 6 heteroatoms. The van der Waals surface area contributed by atoms with Gasteiger partial charge in [0.25, 0.3) is 5.69 Å². The molecule has 0 bridgehead atoms. The molecule has 0 amide bonds. The van der Waals surface area contributed by atoms with Gasteiger partial charge in [-0.3, -0.25) is 10.1 Å². The maximum atomic E-state index is 13.5. The molecule has 1 saturated carbocycles. The fourth-order valence-electron chi connectivity index (χ4n) is 1.61. The van der Waals surface area contributed by atoms with E-state index >= 15 is 0 Å². The number of hydrogen-bond donors (Lipinski definition) is 2. The van der Waals surface area contributed by atoms with Gasteiger partial charge in [0.1, 0.15) is 0 Å². The highest BCUT2D eigenvalue weighted by molar-refractivity contribution is 5.50. The van der Waals surface area contributed by atoms with Crippen LogP contribution in [0.3, 0.4) is 0 Å². The number of rotatable bonds is 5. The highest BCUT2D eigenvalue weighted by atomic mass is 19.1. The molecule has 1 aliphatic carbocycles. The van der Waals surface area contributed by atoms with E-state index in [1.165, 1.54) is 12.1 Å². The number of nitrogens with zero attached hydrogens (tertiary/aromatic N) is 1. The minimum atomic E-state index is -0.645. The maximum Gasteiger partial charge on any atom is 0.272 e. The number of aliphatic hydroxyl groups is 1. The number of nitro groups is 1. The van der Waals surface area contributed by atoms with Crippen molar-refractivity contribution in [2.45, 2.75) is 12.8 Å². The molecule has 0 aromatic heterocycles. The van der Waals surface area contributed by atoms with Gasteiger partial charge in [0, 0.05) is 18.0 Å². The summed E-state index contributed by atoms with van der Waals surface area (Å²) in [6, 6.07) is 3.49. The van der Waals surface area contributed by atoms with Crippen molar-refractivity contribution < 1.29 is 14.4 Å². The first kappa shape index (κ1) is 11.8. The molecular formula is C11H13FN2O3. The Bertz CT molecular complexity index is 446. The first-order valence-electron chi connectivity index (χ1n) is 5.35. The largest absolute Gasteiger partial charge is 0.396 e. The topological polar surface area (TPSA) is 75.4 Å². The summed E-state index contributed by atoms with van der Waals surface area (Å²) in [5, 5.41) is 22.4. The predicted molar refractivity (Wildman–Crippen MR) is 60.3 cm³/mol. The summed E-state index contributed by atoms with van der Waals surface area (Å²) < 4.78 is 13.5. The normalized spacial score (nSPS) is 16.6. The zero-order valence-corrected chi connectivity index (χ0v) is 9.15. The van der Waals surface area contributed by atoms with Gasteiger partial charge in [-0.05, 0) is 18.9 Å². The summed E-state index contributed by atoms with van der Waals surface area (Å²) in [4.78, 5) is 9.79. The molecule has 1 aromatic rings. The van der Waals surface area contributed by atoms with Crippen LogP contribution in [0.25, 0.3) is 0 Å². The molecule has 1 aliphatic rings. The molecule has 1 aromatic carbocycles. The fraction of sp³-hybridized carbons (Fsp3) is 0.455. The third-order valence-electron chi connectivity index (χ3n) is 3.11. The summed E-state index contributed by atoms with van der Waals surface area (Å²) in [6.07, 6.45) is 1.84. The third kappa shape index (κ3) is 2.52. The molecule has 17 heavy (non-hydrogen) atoms. The van der Waals surface area contributed by atoms with Crippen LogP contribution in [0.15, 0.2) is 18.2 Å². The predicted octanol–water partition coefficient (Wildman–Crippen LogP) is 1.92. The second-order valence-corrected chi connectivity index (χ2v) is 4.43. The van der Waals surface area contributed by atoms with E-state index in [9.17, 15) is 14.5 Å². The monoisotopic (exact) mass is 240 g/mol. The molecule has 2 rings (SSSR count). The Kier molecular flexibility index (Phi) is 2.97. The van der Waals surface area contributed by atoms with Crippen molar-refractivity contribution in [3.63, 3.8) is 0 Å². The first-order valence-corrected chi connectivity index (χ1v) is 5.35. The van der Waals surface area contributed by atoms with Crippen LogP contribution in [-0.2, 0) is 0 Å². The van der Waals surface area contributed by atoms with E-state index in [0.717, 1.165) is 18.9 Å². The Balaban J connectivity index is 2.04. The number of anilines is 1. The van der Waals surface area contributed by atoms with Gasteiger partial charge in [-0.15, -0.1) is 0 Å². The quantitative estimate of drug-likeness (QED) is 0.609. The minimum Gasteiger partial charge on any atom is -0.396 e. The molecule has 0 radical (unpaired) electrons. The smallest absolute Gasteiger partial charge is 0.272 e. The Morgan fingerprint density at radius 3 is 2.71 bits per heavy atom. The lowest BCUT2D eigenvalue weighted by Gasteiger charge is -2.14. The number of non-ortho nitro benzene ring substituents is 1. The number of hydrogen-bond acceptors (Lipinski definition) is 4. The molecule has 0 aliphatic heterocycles. The summed E-state index contributed by atoms with van der Waals surface area (Å²) in [5.74, 6) is -0.645. The lowest BCUT2D eigenvalue weighted by atomic mass is 10.1. The molecule has 0 atom stereocenters. The summed E-state index contributed by atoms with van der Waals surface area (Å²) in [7, 11) is 0. The molecule has 0 saturated heterocycles. The van der Waals surface area contributed by atoms with Gasteiger partial charge >= 0.3 is 0 Å². The summed E-state index contributed by atoms with van der Waals surface area (Å²) in [5.41, 5.74) is -0.166. The number of aliphatic hydroxyl groups excluding tert-OH is 1. The van der Waals surface area contributed by atoms with Crippen molar-refractivity contribution in [1.82, 2.24) is 0 Å². The van der Waals surface area contributed by atoms with Crippen molar-refractivity contribution in [3.05, 3.63) is 34.1 Å². The third-order valence-corrected chi connectivity index (χ3v) is 3.11. The van der Waals surface area contributed by atoms with E-state index in [4.69, 9.17) is 5.11 Å². The highest BCUT2D eigenvalue weighted by Gasteiger charge is 2.41. The van der Waals surface area contributed by atoms with Crippen molar-refractivity contribution in [2.75, 3.05) is 18.5 Å². The molecule has 0 unspecified atom stereocenters. The Morgan fingerprint density at radius 2 is 2.24 bits per heavy atom. The summed E-state index contributed by atoms with van der Waals surface area (Å²) >= 11 is 0. The second kappa shape index (κ2) is 4.29. The molecule has 1 fully saturated rings. The maximum absolute atomic E-state index is 13.5. The Hall–Kier alpha value is -1.69.